The summed E-state index contributed by atoms with van der Waals surface area (Å²) in [5.74, 6) is -0.196. The van der Waals surface area contributed by atoms with Gasteiger partial charge in [-0.1, -0.05) is 45.4 Å². The van der Waals surface area contributed by atoms with E-state index in [0.717, 1.165) is 18.5 Å². The summed E-state index contributed by atoms with van der Waals surface area (Å²) < 4.78 is 28.6. The fourth-order valence-electron chi connectivity index (χ4n) is 3.01. The molecule has 6 nitrogen and oxygen atoms in total. The van der Waals surface area contributed by atoms with E-state index < -0.39 is 10.0 Å². The molecule has 1 heterocycles. The van der Waals surface area contributed by atoms with Crippen molar-refractivity contribution in [1.29, 1.82) is 0 Å². The van der Waals surface area contributed by atoms with Crippen LogP contribution >= 0.6 is 0 Å². The molecule has 27 heavy (non-hydrogen) atoms. The zero-order valence-corrected chi connectivity index (χ0v) is 17.4. The predicted molar refractivity (Wildman–Crippen MR) is 109 cm³/mol. The quantitative estimate of drug-likeness (QED) is 0.657. The summed E-state index contributed by atoms with van der Waals surface area (Å²) in [5, 5.41) is 0. The molecule has 0 spiro atoms. The highest BCUT2D eigenvalue weighted by Crippen LogP contribution is 2.22. The second-order valence-electron chi connectivity index (χ2n) is 6.41. The van der Waals surface area contributed by atoms with Gasteiger partial charge in [-0.05, 0) is 24.6 Å². The Bertz CT molecular complexity index is 856. The van der Waals surface area contributed by atoms with Crippen LogP contribution in [0.4, 0.5) is 5.69 Å². The number of amides is 1. The number of nitrogens with zero attached hydrogens (tertiary/aromatic N) is 3. The molecule has 7 heteroatoms. The first-order chi connectivity index (χ1) is 12.9. The van der Waals surface area contributed by atoms with Crippen LogP contribution in [0.3, 0.4) is 0 Å². The molecule has 0 saturated carbocycles. The van der Waals surface area contributed by atoms with Crippen molar-refractivity contribution in [3.05, 3.63) is 48.3 Å². The molecule has 0 bridgehead atoms. The lowest BCUT2D eigenvalue weighted by atomic mass is 10.2. The second-order valence-corrected chi connectivity index (χ2v) is 8.35. The van der Waals surface area contributed by atoms with Crippen LogP contribution in [0.1, 0.15) is 44.1 Å². The summed E-state index contributed by atoms with van der Waals surface area (Å²) in [4.78, 5) is 15.1. The van der Waals surface area contributed by atoms with Crippen molar-refractivity contribution in [1.82, 2.24) is 8.87 Å². The summed E-state index contributed by atoms with van der Waals surface area (Å²) in [5.41, 5.74) is 1.17. The van der Waals surface area contributed by atoms with Gasteiger partial charge in [0.1, 0.15) is 10.6 Å². The first-order valence-electron chi connectivity index (χ1n) is 9.40. The fraction of sp³-hybridized carbons (Fsp3) is 0.450. The number of aromatic nitrogens is 1. The van der Waals surface area contributed by atoms with Gasteiger partial charge in [0.05, 0.1) is 0 Å². The van der Waals surface area contributed by atoms with Gasteiger partial charge >= 0.3 is 0 Å². The third-order valence-corrected chi connectivity index (χ3v) is 6.61. The van der Waals surface area contributed by atoms with E-state index in [1.165, 1.54) is 16.6 Å². The molecule has 1 aromatic heterocycles. The maximum Gasteiger partial charge on any atom is 0.274 e. The molecule has 2 rings (SSSR count). The van der Waals surface area contributed by atoms with E-state index >= 15 is 0 Å². The lowest BCUT2D eigenvalue weighted by Gasteiger charge is -2.23. The predicted octanol–water partition coefficient (Wildman–Crippen LogP) is 3.50. The van der Waals surface area contributed by atoms with E-state index in [-0.39, 0.29) is 10.8 Å². The zero-order chi connectivity index (χ0) is 20.0. The molecule has 0 aliphatic carbocycles. The lowest BCUT2D eigenvalue weighted by molar-refractivity contribution is 0.0979. The van der Waals surface area contributed by atoms with E-state index in [1.807, 2.05) is 30.3 Å². The smallest absolute Gasteiger partial charge is 0.274 e. The molecule has 0 unspecified atom stereocenters. The van der Waals surface area contributed by atoms with Gasteiger partial charge in [-0.15, -0.1) is 0 Å². The van der Waals surface area contributed by atoms with Crippen LogP contribution in [0.25, 0.3) is 0 Å². The van der Waals surface area contributed by atoms with Crippen molar-refractivity contribution in [2.24, 2.45) is 7.05 Å². The number of benzene rings is 1. The third kappa shape index (κ3) is 4.59. The molecule has 0 N–H and O–H groups in total. The van der Waals surface area contributed by atoms with Gasteiger partial charge in [-0.3, -0.25) is 4.79 Å². The van der Waals surface area contributed by atoms with E-state index in [2.05, 4.69) is 6.92 Å². The highest BCUT2D eigenvalue weighted by atomic mass is 32.2. The van der Waals surface area contributed by atoms with Crippen LogP contribution in [-0.2, 0) is 17.1 Å². The Morgan fingerprint density at radius 1 is 1.07 bits per heavy atom. The molecule has 2 aromatic rings. The van der Waals surface area contributed by atoms with E-state index in [9.17, 15) is 13.2 Å². The molecule has 148 valence electrons. The number of unbranched alkanes of at least 4 members (excludes halogenated alkanes) is 1. The third-order valence-electron chi connectivity index (χ3n) is 4.59. The average Bonchev–Trinajstić information content (AvgIpc) is 3.06. The van der Waals surface area contributed by atoms with Gasteiger partial charge in [0.25, 0.3) is 5.91 Å². The summed E-state index contributed by atoms with van der Waals surface area (Å²) in [6.07, 6.45) is 3.35. The Hall–Kier alpha value is -2.12. The number of carbonyl (C=O) groups excluding carboxylic acids is 1. The monoisotopic (exact) mass is 391 g/mol. The van der Waals surface area contributed by atoms with Crippen LogP contribution in [0.5, 0.6) is 0 Å². The van der Waals surface area contributed by atoms with Crippen LogP contribution in [-0.4, -0.2) is 42.8 Å². The van der Waals surface area contributed by atoms with Crippen molar-refractivity contribution in [2.75, 3.05) is 24.5 Å². The molecule has 1 amide bonds. The molecule has 0 aliphatic heterocycles. The molecular formula is C20H29N3O3S. The van der Waals surface area contributed by atoms with Crippen LogP contribution in [0.2, 0.25) is 0 Å². The van der Waals surface area contributed by atoms with Crippen molar-refractivity contribution < 1.29 is 13.2 Å². The minimum atomic E-state index is -3.60. The molecule has 0 radical (unpaired) electrons. The first-order valence-corrected chi connectivity index (χ1v) is 10.8. The summed E-state index contributed by atoms with van der Waals surface area (Å²) in [7, 11) is -1.90. The van der Waals surface area contributed by atoms with Gasteiger partial charge in [0.2, 0.25) is 10.0 Å². The molecule has 0 atom stereocenters. The topological polar surface area (TPSA) is 62.6 Å². The van der Waals surface area contributed by atoms with Crippen molar-refractivity contribution in [2.45, 2.75) is 38.5 Å². The van der Waals surface area contributed by atoms with E-state index in [1.54, 1.807) is 30.4 Å². The highest BCUT2D eigenvalue weighted by molar-refractivity contribution is 7.89. The van der Waals surface area contributed by atoms with Gasteiger partial charge in [-0.25, -0.2) is 8.42 Å². The molecule has 0 saturated heterocycles. The van der Waals surface area contributed by atoms with Crippen molar-refractivity contribution in [3.63, 3.8) is 0 Å². The number of rotatable bonds is 9. The van der Waals surface area contributed by atoms with E-state index in [4.69, 9.17) is 0 Å². The summed E-state index contributed by atoms with van der Waals surface area (Å²) in [6.45, 7) is 7.05. The second kappa shape index (κ2) is 9.19. The number of aryl methyl sites for hydroxylation is 1. The Labute approximate surface area is 162 Å². The van der Waals surface area contributed by atoms with Crippen molar-refractivity contribution in [3.8, 4) is 0 Å². The van der Waals surface area contributed by atoms with Gasteiger partial charge in [0.15, 0.2) is 0 Å². The van der Waals surface area contributed by atoms with Crippen LogP contribution in [0, 0.1) is 0 Å². The van der Waals surface area contributed by atoms with Gasteiger partial charge in [-0.2, -0.15) is 4.31 Å². The number of hydrogen-bond acceptors (Lipinski definition) is 3. The Morgan fingerprint density at radius 2 is 1.70 bits per heavy atom. The Morgan fingerprint density at radius 3 is 2.26 bits per heavy atom. The molecule has 0 fully saturated rings. The zero-order valence-electron chi connectivity index (χ0n) is 16.6. The number of carbonyl (C=O) groups is 1. The molecule has 0 aliphatic rings. The average molecular weight is 392 g/mol. The maximum absolute atomic E-state index is 13.2. The molecule has 1 aromatic carbocycles. The standard InChI is InChI=1S/C20H29N3O3S/c1-5-8-14-23(17-12-10-9-11-13-17)20(24)19-15-18(16-21(19)4)27(25,26)22(6-2)7-3/h9-13,15-16H,5-8,14H2,1-4H3. The van der Waals surface area contributed by atoms with Gasteiger partial charge < -0.3 is 9.47 Å². The van der Waals surface area contributed by atoms with Crippen LogP contribution < -0.4 is 4.90 Å². The number of sulfonamides is 1. The van der Waals surface area contributed by atoms with Crippen molar-refractivity contribution >= 4 is 21.6 Å². The Kier molecular flexibility index (Phi) is 7.21. The lowest BCUT2D eigenvalue weighted by Crippen LogP contribution is -2.33. The normalized spacial score (nSPS) is 11.7. The minimum absolute atomic E-state index is 0.153. The number of anilines is 1. The number of para-hydroxylation sites is 1. The molecular weight excluding hydrogens is 362 g/mol. The van der Waals surface area contributed by atoms with Gasteiger partial charge in [0, 0.05) is 38.6 Å². The van der Waals surface area contributed by atoms with E-state index in [0.29, 0.717) is 25.3 Å². The first kappa shape index (κ1) is 21.2. The Balaban J connectivity index is 2.41. The largest absolute Gasteiger partial charge is 0.345 e. The fourth-order valence-corrected chi connectivity index (χ4v) is 4.54. The highest BCUT2D eigenvalue weighted by Gasteiger charge is 2.27. The van der Waals surface area contributed by atoms with Crippen LogP contribution in [0.15, 0.2) is 47.5 Å². The SMILES string of the molecule is CCCCN(C(=O)c1cc(S(=O)(=O)N(CC)CC)cn1C)c1ccccc1. The maximum atomic E-state index is 13.2. The summed E-state index contributed by atoms with van der Waals surface area (Å²) in [6, 6.07) is 11.0. The summed E-state index contributed by atoms with van der Waals surface area (Å²) >= 11 is 0. The minimum Gasteiger partial charge on any atom is -0.345 e. The number of hydrogen-bond donors (Lipinski definition) is 0.